The van der Waals surface area contributed by atoms with E-state index in [2.05, 4.69) is 43.5 Å². The zero-order chi connectivity index (χ0) is 11.8. The molecule has 1 saturated heterocycles. The van der Waals surface area contributed by atoms with Crippen LogP contribution in [0.3, 0.4) is 0 Å². The Bertz CT molecular complexity index is 567. The van der Waals surface area contributed by atoms with Crippen LogP contribution in [0.25, 0.3) is 10.9 Å². The van der Waals surface area contributed by atoms with Crippen molar-refractivity contribution >= 4 is 50.9 Å². The minimum Gasteiger partial charge on any atom is -0.356 e. The smallest absolute Gasteiger partial charge is 0.224 e. The Morgan fingerprint density at radius 1 is 1.18 bits per heavy atom. The summed E-state index contributed by atoms with van der Waals surface area (Å²) in [7, 11) is 0. The molecular weight excluding hydrogens is 349 g/mol. The molecule has 3 nitrogen and oxygen atoms in total. The van der Waals surface area contributed by atoms with Gasteiger partial charge in [-0.05, 0) is 65.2 Å². The molecule has 0 N–H and O–H groups in total. The Morgan fingerprint density at radius 2 is 1.94 bits per heavy atom. The number of halogens is 2. The van der Waals surface area contributed by atoms with E-state index in [4.69, 9.17) is 11.6 Å². The fraction of sp³-hybridized carbons (Fsp3) is 0.333. The van der Waals surface area contributed by atoms with Crippen molar-refractivity contribution in [1.82, 2.24) is 9.97 Å². The van der Waals surface area contributed by atoms with Crippen molar-refractivity contribution in [2.24, 2.45) is 0 Å². The van der Waals surface area contributed by atoms with Gasteiger partial charge in [-0.2, -0.15) is 4.98 Å². The van der Waals surface area contributed by atoms with E-state index >= 15 is 0 Å². The standard InChI is InChI=1S/C12H11ClIN3/c13-12-15-10-4-3-8(14)7-9(10)11(16-12)17-5-1-2-6-17/h3-4,7H,1-2,5-6H2. The van der Waals surface area contributed by atoms with Crippen LogP contribution >= 0.6 is 34.2 Å². The number of anilines is 1. The van der Waals surface area contributed by atoms with Gasteiger partial charge in [-0.25, -0.2) is 4.98 Å². The fourth-order valence-corrected chi connectivity index (χ4v) is 2.89. The summed E-state index contributed by atoms with van der Waals surface area (Å²) in [5.74, 6) is 0.982. The summed E-state index contributed by atoms with van der Waals surface area (Å²) in [6.45, 7) is 2.13. The van der Waals surface area contributed by atoms with E-state index in [1.807, 2.05) is 12.1 Å². The van der Waals surface area contributed by atoms with E-state index in [-0.39, 0.29) is 0 Å². The number of nitrogens with zero attached hydrogens (tertiary/aromatic N) is 3. The molecule has 5 heteroatoms. The molecule has 0 atom stereocenters. The molecule has 0 spiro atoms. The Kier molecular flexibility index (Phi) is 3.08. The van der Waals surface area contributed by atoms with Crippen molar-refractivity contribution in [3.05, 3.63) is 27.1 Å². The zero-order valence-electron chi connectivity index (χ0n) is 9.16. The number of hydrogen-bond acceptors (Lipinski definition) is 3. The van der Waals surface area contributed by atoms with E-state index in [1.54, 1.807) is 0 Å². The molecule has 1 aromatic heterocycles. The molecule has 0 aliphatic carbocycles. The lowest BCUT2D eigenvalue weighted by Crippen LogP contribution is -2.19. The summed E-state index contributed by atoms with van der Waals surface area (Å²) < 4.78 is 1.20. The second-order valence-corrected chi connectivity index (χ2v) is 5.76. The molecule has 0 amide bonds. The summed E-state index contributed by atoms with van der Waals surface area (Å²) in [5.41, 5.74) is 0.923. The van der Waals surface area contributed by atoms with Gasteiger partial charge in [0.25, 0.3) is 0 Å². The molecule has 0 bridgehead atoms. The Hall–Kier alpha value is -0.620. The van der Waals surface area contributed by atoms with Crippen LogP contribution in [0.15, 0.2) is 18.2 Å². The predicted molar refractivity (Wildman–Crippen MR) is 78.7 cm³/mol. The zero-order valence-corrected chi connectivity index (χ0v) is 12.1. The maximum Gasteiger partial charge on any atom is 0.224 e. The molecule has 1 fully saturated rings. The minimum atomic E-state index is 0.334. The topological polar surface area (TPSA) is 29.0 Å². The third kappa shape index (κ3) is 2.20. The maximum absolute atomic E-state index is 5.99. The second kappa shape index (κ2) is 4.57. The first kappa shape index (κ1) is 11.5. The van der Waals surface area contributed by atoms with Gasteiger partial charge in [0.1, 0.15) is 5.82 Å². The molecule has 3 rings (SSSR count). The van der Waals surface area contributed by atoms with Crippen molar-refractivity contribution in [1.29, 1.82) is 0 Å². The average molecular weight is 360 g/mol. The van der Waals surface area contributed by atoms with Crippen LogP contribution in [0.1, 0.15) is 12.8 Å². The molecule has 0 saturated carbocycles. The summed E-state index contributed by atoms with van der Waals surface area (Å²) >= 11 is 8.30. The Morgan fingerprint density at radius 3 is 2.71 bits per heavy atom. The van der Waals surface area contributed by atoms with Gasteiger partial charge in [-0.3, -0.25) is 0 Å². The van der Waals surface area contributed by atoms with Gasteiger partial charge in [-0.15, -0.1) is 0 Å². The highest BCUT2D eigenvalue weighted by Crippen LogP contribution is 2.29. The van der Waals surface area contributed by atoms with Crippen molar-refractivity contribution in [3.63, 3.8) is 0 Å². The van der Waals surface area contributed by atoms with Gasteiger partial charge in [0.05, 0.1) is 5.52 Å². The first-order valence-corrected chi connectivity index (χ1v) is 7.07. The summed E-state index contributed by atoms with van der Waals surface area (Å²) in [5, 5.41) is 1.43. The van der Waals surface area contributed by atoms with E-state index in [0.717, 1.165) is 29.8 Å². The Balaban J connectivity index is 2.23. The fourth-order valence-electron chi connectivity index (χ4n) is 2.23. The van der Waals surface area contributed by atoms with E-state index in [0.29, 0.717) is 5.28 Å². The first-order valence-electron chi connectivity index (χ1n) is 5.62. The monoisotopic (exact) mass is 359 g/mol. The average Bonchev–Trinajstić information content (AvgIpc) is 2.82. The third-order valence-electron chi connectivity index (χ3n) is 3.02. The van der Waals surface area contributed by atoms with Gasteiger partial charge in [0.15, 0.2) is 0 Å². The molecule has 2 aromatic rings. The first-order chi connectivity index (χ1) is 8.24. The van der Waals surface area contributed by atoms with E-state index in [9.17, 15) is 0 Å². The van der Waals surface area contributed by atoms with Crippen LogP contribution < -0.4 is 4.90 Å². The molecular formula is C12H11ClIN3. The number of fused-ring (bicyclic) bond motifs is 1. The number of benzene rings is 1. The molecule has 2 heterocycles. The molecule has 1 aliphatic heterocycles. The molecule has 17 heavy (non-hydrogen) atoms. The van der Waals surface area contributed by atoms with E-state index < -0.39 is 0 Å². The van der Waals surface area contributed by atoms with Crippen LogP contribution in [0.5, 0.6) is 0 Å². The lowest BCUT2D eigenvalue weighted by Gasteiger charge is -2.18. The van der Waals surface area contributed by atoms with Crippen LogP contribution in [0.4, 0.5) is 5.82 Å². The number of rotatable bonds is 1. The van der Waals surface area contributed by atoms with Gasteiger partial charge in [-0.1, -0.05) is 0 Å². The van der Waals surface area contributed by atoms with Crippen molar-refractivity contribution in [2.75, 3.05) is 18.0 Å². The minimum absolute atomic E-state index is 0.334. The SMILES string of the molecule is Clc1nc(N2CCCC2)c2cc(I)ccc2n1. The summed E-state index contributed by atoms with van der Waals surface area (Å²) in [6, 6.07) is 6.17. The van der Waals surface area contributed by atoms with Gasteiger partial charge < -0.3 is 4.90 Å². The quantitative estimate of drug-likeness (QED) is 0.576. The van der Waals surface area contributed by atoms with Crippen LogP contribution in [0.2, 0.25) is 5.28 Å². The molecule has 0 unspecified atom stereocenters. The highest BCUT2D eigenvalue weighted by atomic mass is 127. The van der Waals surface area contributed by atoms with E-state index in [1.165, 1.54) is 16.4 Å². The molecule has 1 aliphatic rings. The summed E-state index contributed by atoms with van der Waals surface area (Å²) in [6.07, 6.45) is 2.46. The molecule has 0 radical (unpaired) electrons. The van der Waals surface area contributed by atoms with Crippen LogP contribution in [-0.4, -0.2) is 23.1 Å². The second-order valence-electron chi connectivity index (χ2n) is 4.17. The van der Waals surface area contributed by atoms with Gasteiger partial charge >= 0.3 is 0 Å². The van der Waals surface area contributed by atoms with Crippen molar-refractivity contribution in [3.8, 4) is 0 Å². The van der Waals surface area contributed by atoms with Crippen molar-refractivity contribution in [2.45, 2.75) is 12.8 Å². The van der Waals surface area contributed by atoms with Crippen LogP contribution in [0, 0.1) is 3.57 Å². The van der Waals surface area contributed by atoms with Crippen molar-refractivity contribution < 1.29 is 0 Å². The normalized spacial score (nSPS) is 15.8. The lowest BCUT2D eigenvalue weighted by atomic mass is 10.2. The molecule has 1 aromatic carbocycles. The highest BCUT2D eigenvalue weighted by Gasteiger charge is 2.17. The third-order valence-corrected chi connectivity index (χ3v) is 3.86. The maximum atomic E-state index is 5.99. The Labute approximate surface area is 118 Å². The summed E-state index contributed by atoms with van der Waals surface area (Å²) in [4.78, 5) is 11.0. The number of aromatic nitrogens is 2. The van der Waals surface area contributed by atoms with Crippen LogP contribution in [-0.2, 0) is 0 Å². The van der Waals surface area contributed by atoms with Gasteiger partial charge in [0.2, 0.25) is 5.28 Å². The number of hydrogen-bond donors (Lipinski definition) is 0. The lowest BCUT2D eigenvalue weighted by molar-refractivity contribution is 0.939. The van der Waals surface area contributed by atoms with Gasteiger partial charge in [0, 0.05) is 22.0 Å². The largest absolute Gasteiger partial charge is 0.356 e. The predicted octanol–water partition coefficient (Wildman–Crippen LogP) is 3.49. The highest BCUT2D eigenvalue weighted by molar-refractivity contribution is 14.1. The molecule has 88 valence electrons.